The first-order valence-electron chi connectivity index (χ1n) is 9.11. The predicted octanol–water partition coefficient (Wildman–Crippen LogP) is 2.68. The van der Waals surface area contributed by atoms with E-state index in [0.29, 0.717) is 18.7 Å². The molecule has 2 aromatic heterocycles. The minimum absolute atomic E-state index is 0.0487. The van der Waals surface area contributed by atoms with Crippen LogP contribution < -0.4 is 5.14 Å². The van der Waals surface area contributed by atoms with Gasteiger partial charge in [-0.1, -0.05) is 6.07 Å². The molecule has 28 heavy (non-hydrogen) atoms. The minimum atomic E-state index is -3.84. The zero-order valence-electron chi connectivity index (χ0n) is 15.8. The molecule has 3 aromatic rings. The number of piperidine rings is 1. The Morgan fingerprint density at radius 2 is 2.11 bits per heavy atom. The summed E-state index contributed by atoms with van der Waals surface area (Å²) in [6, 6.07) is 5.92. The lowest BCUT2D eigenvalue weighted by atomic mass is 9.94. The van der Waals surface area contributed by atoms with Gasteiger partial charge in [-0.05, 0) is 44.9 Å². The van der Waals surface area contributed by atoms with Crippen LogP contribution in [-0.4, -0.2) is 41.7 Å². The molecule has 1 aliphatic heterocycles. The van der Waals surface area contributed by atoms with Gasteiger partial charge in [-0.15, -0.1) is 11.3 Å². The summed E-state index contributed by atoms with van der Waals surface area (Å²) >= 11 is 1.68. The summed E-state index contributed by atoms with van der Waals surface area (Å²) in [6.07, 6.45) is 1.86. The van der Waals surface area contributed by atoms with Gasteiger partial charge in [0.25, 0.3) is 5.91 Å². The van der Waals surface area contributed by atoms with Crippen LogP contribution in [0.3, 0.4) is 0 Å². The number of hydrogen-bond acceptors (Lipinski definition) is 5. The van der Waals surface area contributed by atoms with Crippen molar-refractivity contribution in [2.75, 3.05) is 13.1 Å². The Hall–Kier alpha value is -2.23. The fourth-order valence-electron chi connectivity index (χ4n) is 3.90. The molecule has 3 heterocycles. The van der Waals surface area contributed by atoms with E-state index in [0.717, 1.165) is 29.2 Å². The van der Waals surface area contributed by atoms with Gasteiger partial charge in [-0.3, -0.25) is 9.20 Å². The van der Waals surface area contributed by atoms with E-state index in [9.17, 15) is 13.2 Å². The summed E-state index contributed by atoms with van der Waals surface area (Å²) < 4.78 is 25.3. The van der Waals surface area contributed by atoms with Crippen LogP contribution in [0.2, 0.25) is 0 Å². The Balaban J connectivity index is 1.61. The maximum atomic E-state index is 13.0. The number of benzene rings is 1. The lowest BCUT2D eigenvalue weighted by Crippen LogP contribution is -2.39. The van der Waals surface area contributed by atoms with E-state index in [4.69, 9.17) is 10.1 Å². The molecule has 0 radical (unpaired) electrons. The van der Waals surface area contributed by atoms with Crippen LogP contribution in [0.15, 0.2) is 34.5 Å². The van der Waals surface area contributed by atoms with E-state index in [1.165, 1.54) is 17.8 Å². The van der Waals surface area contributed by atoms with Crippen LogP contribution in [-0.2, 0) is 10.0 Å². The summed E-state index contributed by atoms with van der Waals surface area (Å²) in [5.41, 5.74) is 2.55. The number of nitrogens with two attached hydrogens (primary N) is 1. The summed E-state index contributed by atoms with van der Waals surface area (Å²) in [4.78, 5) is 20.7. The molecule has 1 aliphatic rings. The molecule has 1 aromatic carbocycles. The number of carbonyl (C=O) groups excluding carboxylic acids is 1. The second-order valence-corrected chi connectivity index (χ2v) is 9.64. The van der Waals surface area contributed by atoms with Gasteiger partial charge in [-0.2, -0.15) is 0 Å². The number of aryl methyl sites for hydroxylation is 2. The quantitative estimate of drug-likeness (QED) is 0.707. The van der Waals surface area contributed by atoms with Crippen LogP contribution in [0.1, 0.15) is 46.3 Å². The maximum absolute atomic E-state index is 13.0. The highest BCUT2D eigenvalue weighted by molar-refractivity contribution is 7.89. The Kier molecular flexibility index (Phi) is 4.76. The highest BCUT2D eigenvalue weighted by Gasteiger charge is 2.29. The van der Waals surface area contributed by atoms with E-state index in [1.807, 2.05) is 6.92 Å². The number of carbonyl (C=O) groups is 1. The molecular formula is C19H22N4O3S2. The van der Waals surface area contributed by atoms with E-state index in [2.05, 4.69) is 16.7 Å². The largest absolute Gasteiger partial charge is 0.338 e. The van der Waals surface area contributed by atoms with Crippen LogP contribution in [0.25, 0.3) is 4.83 Å². The molecule has 148 valence electrons. The molecule has 7 nitrogen and oxygen atoms in total. The normalized spacial score (nSPS) is 18.0. The number of sulfonamides is 1. The first-order chi connectivity index (χ1) is 13.3. The average molecular weight is 419 g/mol. The molecule has 1 saturated heterocycles. The molecule has 1 atom stereocenters. The fraction of sp³-hybridized carbons (Fsp3) is 0.368. The monoisotopic (exact) mass is 418 g/mol. The van der Waals surface area contributed by atoms with Crippen molar-refractivity contribution in [2.45, 2.75) is 37.5 Å². The zero-order chi connectivity index (χ0) is 20.1. The van der Waals surface area contributed by atoms with Gasteiger partial charge in [0.2, 0.25) is 10.0 Å². The fourth-order valence-corrected chi connectivity index (χ4v) is 5.56. The lowest BCUT2D eigenvalue weighted by Gasteiger charge is -2.32. The van der Waals surface area contributed by atoms with E-state index in [-0.39, 0.29) is 16.7 Å². The van der Waals surface area contributed by atoms with Crippen molar-refractivity contribution < 1.29 is 13.2 Å². The average Bonchev–Trinajstić information content (AvgIpc) is 3.22. The molecule has 1 amide bonds. The molecular weight excluding hydrogens is 396 g/mol. The molecule has 4 rings (SSSR count). The SMILES string of the molecule is Cc1csc2c([C@@H]3CCCN(C(=O)c4cccc(S(N)(=O)=O)c4)C3)nc(C)n12. The van der Waals surface area contributed by atoms with Crippen molar-refractivity contribution in [3.8, 4) is 0 Å². The van der Waals surface area contributed by atoms with Crippen LogP contribution in [0, 0.1) is 13.8 Å². The number of likely N-dealkylation sites (tertiary alicyclic amines) is 1. The van der Waals surface area contributed by atoms with Gasteiger partial charge in [0.05, 0.1) is 10.6 Å². The van der Waals surface area contributed by atoms with Gasteiger partial charge >= 0.3 is 0 Å². The number of nitrogens with zero attached hydrogens (tertiary/aromatic N) is 3. The zero-order valence-corrected chi connectivity index (χ0v) is 17.4. The third kappa shape index (κ3) is 3.34. The molecule has 1 fully saturated rings. The van der Waals surface area contributed by atoms with Gasteiger partial charge in [0.1, 0.15) is 10.7 Å². The van der Waals surface area contributed by atoms with Crippen molar-refractivity contribution in [1.82, 2.24) is 14.3 Å². The number of primary sulfonamides is 1. The van der Waals surface area contributed by atoms with Crippen molar-refractivity contribution in [1.29, 1.82) is 0 Å². The van der Waals surface area contributed by atoms with Crippen molar-refractivity contribution >= 4 is 32.1 Å². The second kappa shape index (κ2) is 6.98. The van der Waals surface area contributed by atoms with E-state index >= 15 is 0 Å². The number of thiazole rings is 1. The van der Waals surface area contributed by atoms with Crippen molar-refractivity contribution in [2.24, 2.45) is 5.14 Å². The number of hydrogen-bond donors (Lipinski definition) is 1. The first kappa shape index (κ1) is 19.1. The molecule has 2 N–H and O–H groups in total. The molecule has 0 spiro atoms. The Labute approximate surface area is 167 Å². The number of amides is 1. The lowest BCUT2D eigenvalue weighted by molar-refractivity contribution is 0.0706. The standard InChI is InChI=1S/C19H22N4O3S2/c1-12-11-27-19-17(21-13(2)23(12)19)15-6-4-8-22(10-15)18(24)14-5-3-7-16(9-14)28(20,25)26/h3,5,7,9,11,15H,4,6,8,10H2,1-2H3,(H2,20,25,26)/t15-/m1/s1. The summed E-state index contributed by atoms with van der Waals surface area (Å²) in [7, 11) is -3.84. The molecule has 0 unspecified atom stereocenters. The van der Waals surface area contributed by atoms with Crippen molar-refractivity contribution in [3.63, 3.8) is 0 Å². The van der Waals surface area contributed by atoms with Crippen LogP contribution in [0.4, 0.5) is 0 Å². The third-order valence-electron chi connectivity index (χ3n) is 5.23. The van der Waals surface area contributed by atoms with E-state index < -0.39 is 10.0 Å². The number of aromatic nitrogens is 2. The maximum Gasteiger partial charge on any atom is 0.253 e. The van der Waals surface area contributed by atoms with E-state index in [1.54, 1.807) is 28.4 Å². The summed E-state index contributed by atoms with van der Waals surface area (Å²) in [5, 5.41) is 7.32. The summed E-state index contributed by atoms with van der Waals surface area (Å²) in [5.74, 6) is 0.957. The Bertz CT molecular complexity index is 1160. The molecule has 9 heteroatoms. The van der Waals surface area contributed by atoms with Gasteiger partial charge in [-0.25, -0.2) is 18.5 Å². The van der Waals surface area contributed by atoms with Gasteiger partial charge < -0.3 is 4.90 Å². The minimum Gasteiger partial charge on any atom is -0.338 e. The number of rotatable bonds is 3. The third-order valence-corrected chi connectivity index (χ3v) is 7.21. The van der Waals surface area contributed by atoms with Crippen molar-refractivity contribution in [3.05, 3.63) is 52.4 Å². The number of imidazole rings is 1. The molecule has 0 aliphatic carbocycles. The van der Waals surface area contributed by atoms with Gasteiger partial charge in [0.15, 0.2) is 0 Å². The van der Waals surface area contributed by atoms with Crippen LogP contribution in [0.5, 0.6) is 0 Å². The Morgan fingerprint density at radius 1 is 1.32 bits per heavy atom. The molecule has 0 bridgehead atoms. The highest BCUT2D eigenvalue weighted by atomic mass is 32.2. The highest BCUT2D eigenvalue weighted by Crippen LogP contribution is 2.33. The predicted molar refractivity (Wildman–Crippen MR) is 108 cm³/mol. The second-order valence-electron chi connectivity index (χ2n) is 7.23. The topological polar surface area (TPSA) is 97.8 Å². The van der Waals surface area contributed by atoms with Gasteiger partial charge in [0, 0.05) is 35.6 Å². The summed E-state index contributed by atoms with van der Waals surface area (Å²) in [6.45, 7) is 5.29. The number of fused-ring (bicyclic) bond motifs is 1. The smallest absolute Gasteiger partial charge is 0.253 e. The molecule has 0 saturated carbocycles. The first-order valence-corrected chi connectivity index (χ1v) is 11.5. The van der Waals surface area contributed by atoms with Crippen LogP contribution >= 0.6 is 11.3 Å². The Morgan fingerprint density at radius 3 is 2.86 bits per heavy atom.